The zero-order chi connectivity index (χ0) is 56.2. The van der Waals surface area contributed by atoms with Crippen LogP contribution in [0.3, 0.4) is 0 Å². The van der Waals surface area contributed by atoms with Crippen LogP contribution in [0, 0.1) is 0 Å². The molecule has 25 heteroatoms. The highest BCUT2D eigenvalue weighted by molar-refractivity contribution is 8.76. The number of para-hydroxylation sites is 1. The molecular weight excluding hydrogens is 1040 g/mol. The Morgan fingerprint density at radius 2 is 1.35 bits per heavy atom. The van der Waals surface area contributed by atoms with Crippen molar-refractivity contribution in [2.75, 3.05) is 25.2 Å². The van der Waals surface area contributed by atoms with E-state index in [1.54, 1.807) is 75.5 Å². The number of amides is 8. The lowest BCUT2D eigenvalue weighted by molar-refractivity contribution is -0.142. The number of carboxylic acid groups (broad SMARTS) is 1. The summed E-state index contributed by atoms with van der Waals surface area (Å²) in [5, 5.41) is 52.6. The summed E-state index contributed by atoms with van der Waals surface area (Å²) < 4.78 is 10.1. The monoisotopic (exact) mass is 1110 g/mol. The minimum absolute atomic E-state index is 0.0379. The zero-order valence-electron chi connectivity index (χ0n) is 43.2. The van der Waals surface area contributed by atoms with Gasteiger partial charge in [-0.25, -0.2) is 14.4 Å². The first-order valence-corrected chi connectivity index (χ1v) is 27.2. The first kappa shape index (κ1) is 60.4. The van der Waals surface area contributed by atoms with Crippen LogP contribution in [-0.2, 0) is 62.3 Å². The highest BCUT2D eigenvalue weighted by Gasteiger charge is 2.36. The van der Waals surface area contributed by atoms with E-state index in [0.29, 0.717) is 27.6 Å². The summed E-state index contributed by atoms with van der Waals surface area (Å²) in [6, 6.07) is 11.1. The average molecular weight is 1110 g/mol. The summed E-state index contributed by atoms with van der Waals surface area (Å²) in [6.07, 6.45) is -1.62. The normalized spacial score (nSPS) is 21.1. The third-order valence-corrected chi connectivity index (χ3v) is 14.3. The van der Waals surface area contributed by atoms with Crippen LogP contribution in [0.25, 0.3) is 10.9 Å². The number of carbonyl (C=O) groups is 9. The molecule has 0 unspecified atom stereocenters. The number of hydrogen-bond acceptors (Lipinski definition) is 15. The van der Waals surface area contributed by atoms with Crippen LogP contribution in [0.2, 0.25) is 0 Å². The number of hydrogen-bond donors (Lipinski definition) is 12. The molecule has 1 aliphatic rings. The van der Waals surface area contributed by atoms with Gasteiger partial charge in [-0.15, -0.1) is 0 Å². The maximum Gasteiger partial charge on any atom is 0.407 e. The SMILES string of the molecule is COC(=O)N[C@H](Cc1ccccc1)C(=O)N[C@H]1CSSC[C@@H](C(=O)O)NC(=O)[C@H]([C@@H](C)O)NC(=O)[C@H](CCCCNC(=O)OC(C)(C)C)NC(=O)[C@@H](Cc2c[nH]c3ccccc23)NC(=O)[C@H](Cc2ccc(O)cc2)NC1=O. The molecule has 77 heavy (non-hydrogen) atoms. The van der Waals surface area contributed by atoms with Crippen molar-refractivity contribution in [2.45, 2.75) is 120 Å². The number of phenolic OH excluding ortho intramolecular Hbond substituents is 1. The molecular formula is C52H67N9O14S2. The second kappa shape index (κ2) is 29.1. The van der Waals surface area contributed by atoms with Gasteiger partial charge in [-0.3, -0.25) is 28.8 Å². The molecule has 8 atom stereocenters. The number of phenols is 1. The molecule has 1 saturated heterocycles. The number of aromatic hydroxyl groups is 1. The van der Waals surface area contributed by atoms with E-state index in [1.807, 2.05) is 6.07 Å². The van der Waals surface area contributed by atoms with E-state index >= 15 is 0 Å². The van der Waals surface area contributed by atoms with E-state index in [9.17, 15) is 58.5 Å². The summed E-state index contributed by atoms with van der Waals surface area (Å²) >= 11 is 0. The van der Waals surface area contributed by atoms with Crippen molar-refractivity contribution in [3.8, 4) is 5.75 Å². The first-order chi connectivity index (χ1) is 36.6. The van der Waals surface area contributed by atoms with E-state index in [1.165, 1.54) is 31.2 Å². The van der Waals surface area contributed by atoms with Gasteiger partial charge in [0.25, 0.3) is 0 Å². The molecule has 0 bridgehead atoms. The maximum atomic E-state index is 14.9. The Morgan fingerprint density at radius 1 is 0.727 bits per heavy atom. The summed E-state index contributed by atoms with van der Waals surface area (Å²) in [5.41, 5.74) is 1.62. The molecule has 23 nitrogen and oxygen atoms in total. The van der Waals surface area contributed by atoms with E-state index in [4.69, 9.17) is 9.47 Å². The lowest BCUT2D eigenvalue weighted by atomic mass is 10.0. The number of aliphatic hydroxyl groups is 1. The number of fused-ring (bicyclic) bond motifs is 1. The number of benzene rings is 3. The van der Waals surface area contributed by atoms with Crippen molar-refractivity contribution in [1.82, 2.24) is 47.5 Å². The topological polar surface area (TPSA) is 345 Å². The van der Waals surface area contributed by atoms with Crippen LogP contribution in [-0.4, -0.2) is 153 Å². The Labute approximate surface area is 452 Å². The average Bonchev–Trinajstić information content (AvgIpc) is 3.79. The molecule has 8 amide bonds. The minimum Gasteiger partial charge on any atom is -0.508 e. The fourth-order valence-electron chi connectivity index (χ4n) is 7.91. The largest absolute Gasteiger partial charge is 0.508 e. The molecule has 416 valence electrons. The Kier molecular flexibility index (Phi) is 22.8. The van der Waals surface area contributed by atoms with Gasteiger partial charge in [0.1, 0.15) is 53.6 Å². The number of methoxy groups -OCH3 is 1. The maximum absolute atomic E-state index is 14.9. The van der Waals surface area contributed by atoms with Gasteiger partial charge in [0.2, 0.25) is 35.4 Å². The van der Waals surface area contributed by atoms with E-state index in [0.717, 1.165) is 28.7 Å². The Morgan fingerprint density at radius 3 is 2.01 bits per heavy atom. The number of nitrogens with one attached hydrogen (secondary N) is 9. The third kappa shape index (κ3) is 19.5. The molecule has 1 fully saturated rings. The fourth-order valence-corrected chi connectivity index (χ4v) is 10.2. The molecule has 1 aromatic heterocycles. The van der Waals surface area contributed by atoms with E-state index < -0.39 is 108 Å². The van der Waals surface area contributed by atoms with Gasteiger partial charge in [-0.2, -0.15) is 0 Å². The Bertz CT molecular complexity index is 2690. The van der Waals surface area contributed by atoms with Crippen molar-refractivity contribution < 1.29 is 67.9 Å². The van der Waals surface area contributed by atoms with Crippen molar-refractivity contribution >= 4 is 86.1 Å². The van der Waals surface area contributed by atoms with Gasteiger partial charge >= 0.3 is 18.2 Å². The molecule has 0 spiro atoms. The minimum atomic E-state index is -1.74. The van der Waals surface area contributed by atoms with E-state index in [-0.39, 0.29) is 62.3 Å². The molecule has 12 N–H and O–H groups in total. The second-order valence-electron chi connectivity index (χ2n) is 19.2. The van der Waals surface area contributed by atoms with Crippen LogP contribution in [0.4, 0.5) is 9.59 Å². The van der Waals surface area contributed by atoms with E-state index in [2.05, 4.69) is 47.5 Å². The molecule has 0 radical (unpaired) electrons. The smallest absolute Gasteiger partial charge is 0.407 e. The van der Waals surface area contributed by atoms with Crippen LogP contribution in [0.15, 0.2) is 85.1 Å². The number of H-pyrrole nitrogens is 1. The summed E-state index contributed by atoms with van der Waals surface area (Å²) in [6.45, 7) is 6.41. The molecule has 0 aliphatic carbocycles. The van der Waals surface area contributed by atoms with Crippen molar-refractivity contribution in [3.63, 3.8) is 0 Å². The number of aromatic nitrogens is 1. The lowest BCUT2D eigenvalue weighted by Crippen LogP contribution is -2.62. The molecule has 5 rings (SSSR count). The summed E-state index contributed by atoms with van der Waals surface area (Å²) in [4.78, 5) is 127. The lowest BCUT2D eigenvalue weighted by Gasteiger charge is -2.29. The van der Waals surface area contributed by atoms with Crippen LogP contribution in [0.5, 0.6) is 5.75 Å². The number of carboxylic acids is 1. The van der Waals surface area contributed by atoms with Crippen LogP contribution < -0.4 is 42.5 Å². The summed E-state index contributed by atoms with van der Waals surface area (Å²) in [7, 11) is 2.94. The van der Waals surface area contributed by atoms with Crippen LogP contribution >= 0.6 is 21.6 Å². The molecule has 3 aromatic carbocycles. The van der Waals surface area contributed by atoms with Crippen molar-refractivity contribution in [2.24, 2.45) is 0 Å². The third-order valence-electron chi connectivity index (χ3n) is 11.9. The van der Waals surface area contributed by atoms with Gasteiger partial charge in [0, 0.05) is 54.4 Å². The fraction of sp³-hybridized carbons (Fsp3) is 0.442. The van der Waals surface area contributed by atoms with Gasteiger partial charge in [-0.05, 0) is 81.8 Å². The number of ether oxygens (including phenoxy) is 2. The highest BCUT2D eigenvalue weighted by Crippen LogP contribution is 2.25. The predicted molar refractivity (Wildman–Crippen MR) is 287 cm³/mol. The highest BCUT2D eigenvalue weighted by atomic mass is 33.1. The number of aliphatic carboxylic acids is 1. The van der Waals surface area contributed by atoms with Gasteiger partial charge in [0.15, 0.2) is 0 Å². The summed E-state index contributed by atoms with van der Waals surface area (Å²) in [5.74, 6) is -7.71. The van der Waals surface area contributed by atoms with Gasteiger partial charge in [0.05, 0.1) is 13.2 Å². The molecule has 1 aliphatic heterocycles. The quantitative estimate of drug-likeness (QED) is 0.0565. The molecule has 4 aromatic rings. The Hall–Kier alpha value is -7.51. The predicted octanol–water partition coefficient (Wildman–Crippen LogP) is 2.09. The van der Waals surface area contributed by atoms with Crippen molar-refractivity contribution in [1.29, 1.82) is 0 Å². The number of carbonyl (C=O) groups excluding carboxylic acids is 8. The van der Waals surface area contributed by atoms with Crippen molar-refractivity contribution in [3.05, 3.63) is 102 Å². The standard InChI is InChI=1S/C52H67N9O14S2/c1-29(62)42-48(69)59-41(49(70)71)28-77-76-27-40(58-45(66)38(60-51(73)74-5)23-30-13-7-6-8-14-30)47(68)56-37(24-31-18-20-33(63)21-19-31)44(65)57-39(25-32-26-54-35-16-10-9-15-34(32)35)46(67)55-36(43(64)61-42)17-11-12-22-53-50(72)75-52(2,3)4/h6-10,13-16,18-21,26,29,36-42,54,62-63H,11-12,17,22-25,27-28H2,1-5H3,(H,53,72)(H,55,67)(H,56,68)(H,57,65)(H,58,66)(H,59,69)(H,60,73)(H,61,64)(H,70,71)/t29-,36+,37+,38-,39-,40+,41+,42+/m1/s1. The number of rotatable bonds is 16. The number of aliphatic hydroxyl groups excluding tert-OH is 1. The zero-order valence-corrected chi connectivity index (χ0v) is 44.8. The number of alkyl carbamates (subject to hydrolysis) is 2. The first-order valence-electron chi connectivity index (χ1n) is 24.8. The number of aromatic amines is 1. The number of unbranched alkanes of at least 4 members (excludes halogenated alkanes) is 1. The second-order valence-corrected chi connectivity index (χ2v) is 21.7. The Balaban J connectivity index is 1.56. The van der Waals surface area contributed by atoms with Crippen LogP contribution in [0.1, 0.15) is 63.6 Å². The molecule has 0 saturated carbocycles. The van der Waals surface area contributed by atoms with Gasteiger partial charge < -0.3 is 72.3 Å². The molecule has 2 heterocycles. The van der Waals surface area contributed by atoms with Gasteiger partial charge in [-0.1, -0.05) is 82.3 Å².